The van der Waals surface area contributed by atoms with Gasteiger partial charge in [0.25, 0.3) is 0 Å². The molecule has 0 amide bonds. The van der Waals surface area contributed by atoms with Crippen LogP contribution in [0.1, 0.15) is 35.3 Å². The number of nitrogens with zero attached hydrogens (tertiary/aromatic N) is 2. The topological polar surface area (TPSA) is 25.8 Å². The molecule has 0 bridgehead atoms. The second-order valence-electron chi connectivity index (χ2n) is 4.10. The fourth-order valence-electron chi connectivity index (χ4n) is 1.40. The second-order valence-corrected chi connectivity index (χ2v) is 5.19. The molecule has 0 saturated heterocycles. The Morgan fingerprint density at radius 1 is 1.24 bits per heavy atom. The first-order valence-corrected chi connectivity index (χ1v) is 6.14. The van der Waals surface area contributed by atoms with Gasteiger partial charge in [0.15, 0.2) is 0 Å². The van der Waals surface area contributed by atoms with Crippen LogP contribution in [0.3, 0.4) is 0 Å². The van der Waals surface area contributed by atoms with Gasteiger partial charge >= 0.3 is 0 Å². The van der Waals surface area contributed by atoms with Gasteiger partial charge < -0.3 is 0 Å². The van der Waals surface area contributed by atoms with Crippen molar-refractivity contribution in [3.8, 4) is 0 Å². The van der Waals surface area contributed by atoms with Crippen LogP contribution in [-0.4, -0.2) is 10.2 Å². The first-order valence-electron chi connectivity index (χ1n) is 5.32. The summed E-state index contributed by atoms with van der Waals surface area (Å²) in [5, 5.41) is 9.72. The Labute approximate surface area is 102 Å². The van der Waals surface area contributed by atoms with Crippen LogP contribution in [0.2, 0.25) is 0 Å². The third-order valence-corrected chi connectivity index (χ3v) is 3.56. The van der Waals surface area contributed by atoms with Gasteiger partial charge in [-0.15, -0.1) is 21.5 Å². The summed E-state index contributed by atoms with van der Waals surface area (Å²) < 4.78 is 26.1. The molecule has 0 aliphatic carbocycles. The Balaban J connectivity index is 2.19. The third-order valence-electron chi connectivity index (χ3n) is 2.33. The van der Waals surface area contributed by atoms with Crippen LogP contribution in [0, 0.1) is 11.6 Å². The van der Waals surface area contributed by atoms with Gasteiger partial charge in [0.1, 0.15) is 21.6 Å². The molecule has 0 spiro atoms. The van der Waals surface area contributed by atoms with Crippen LogP contribution in [0.5, 0.6) is 0 Å². The number of benzene rings is 1. The molecule has 2 aromatic rings. The molecule has 0 N–H and O–H groups in total. The smallest absolute Gasteiger partial charge is 0.129 e. The predicted octanol–water partition coefficient (Wildman–Crippen LogP) is 3.53. The van der Waals surface area contributed by atoms with Crippen molar-refractivity contribution >= 4 is 11.3 Å². The average molecular weight is 254 g/mol. The van der Waals surface area contributed by atoms with E-state index < -0.39 is 11.6 Å². The van der Waals surface area contributed by atoms with E-state index >= 15 is 0 Å². The molecule has 2 rings (SSSR count). The maximum Gasteiger partial charge on any atom is 0.129 e. The molecule has 0 fully saturated rings. The van der Waals surface area contributed by atoms with Crippen molar-refractivity contribution in [2.24, 2.45) is 0 Å². The number of hydrogen-bond acceptors (Lipinski definition) is 3. The lowest BCUT2D eigenvalue weighted by Gasteiger charge is -1.99. The van der Waals surface area contributed by atoms with E-state index in [0.717, 1.165) is 16.1 Å². The molecule has 0 unspecified atom stereocenters. The quantitative estimate of drug-likeness (QED) is 0.837. The van der Waals surface area contributed by atoms with E-state index in [2.05, 4.69) is 10.2 Å². The summed E-state index contributed by atoms with van der Waals surface area (Å²) in [5.41, 5.74) is 0.442. The van der Waals surface area contributed by atoms with E-state index in [1.54, 1.807) is 0 Å². The van der Waals surface area contributed by atoms with Crippen molar-refractivity contribution in [1.29, 1.82) is 0 Å². The molecule has 1 aromatic carbocycles. The molecule has 0 aliphatic heterocycles. The van der Waals surface area contributed by atoms with E-state index in [0.29, 0.717) is 17.9 Å². The standard InChI is InChI=1S/C12H12F2N2S/c1-7(2)12-16-15-11(17-12)5-8-3-4-9(13)6-10(8)14/h3-4,6-7H,5H2,1-2H3. The minimum Gasteiger partial charge on any atom is -0.207 e. The first-order chi connectivity index (χ1) is 8.06. The summed E-state index contributed by atoms with van der Waals surface area (Å²) in [6, 6.07) is 3.59. The molecule has 2 nitrogen and oxygen atoms in total. The highest BCUT2D eigenvalue weighted by molar-refractivity contribution is 7.11. The summed E-state index contributed by atoms with van der Waals surface area (Å²) in [7, 11) is 0. The summed E-state index contributed by atoms with van der Waals surface area (Å²) in [6.07, 6.45) is 0.358. The Kier molecular flexibility index (Phi) is 3.47. The van der Waals surface area contributed by atoms with Gasteiger partial charge in [0.05, 0.1) is 0 Å². The van der Waals surface area contributed by atoms with Crippen LogP contribution in [0.15, 0.2) is 18.2 Å². The highest BCUT2D eigenvalue weighted by Crippen LogP contribution is 2.22. The molecule has 1 aromatic heterocycles. The largest absolute Gasteiger partial charge is 0.207 e. The third kappa shape index (κ3) is 2.85. The van der Waals surface area contributed by atoms with E-state index in [-0.39, 0.29) is 0 Å². The average Bonchev–Trinajstić information content (AvgIpc) is 2.71. The monoisotopic (exact) mass is 254 g/mol. The number of halogens is 2. The van der Waals surface area contributed by atoms with Crippen LogP contribution < -0.4 is 0 Å². The Hall–Kier alpha value is -1.36. The molecule has 17 heavy (non-hydrogen) atoms. The van der Waals surface area contributed by atoms with Gasteiger partial charge in [-0.25, -0.2) is 8.78 Å². The van der Waals surface area contributed by atoms with Gasteiger partial charge in [-0.3, -0.25) is 0 Å². The van der Waals surface area contributed by atoms with Gasteiger partial charge in [-0.2, -0.15) is 0 Å². The lowest BCUT2D eigenvalue weighted by Crippen LogP contribution is -1.93. The molecule has 0 atom stereocenters. The van der Waals surface area contributed by atoms with E-state index in [1.807, 2.05) is 13.8 Å². The van der Waals surface area contributed by atoms with Crippen molar-refractivity contribution in [2.45, 2.75) is 26.2 Å². The fraction of sp³-hybridized carbons (Fsp3) is 0.333. The van der Waals surface area contributed by atoms with E-state index in [9.17, 15) is 8.78 Å². The van der Waals surface area contributed by atoms with Crippen LogP contribution in [0.4, 0.5) is 8.78 Å². The van der Waals surface area contributed by atoms with Crippen molar-refractivity contribution in [3.05, 3.63) is 45.4 Å². The van der Waals surface area contributed by atoms with Crippen LogP contribution >= 0.6 is 11.3 Å². The van der Waals surface area contributed by atoms with E-state index in [1.165, 1.54) is 23.5 Å². The zero-order valence-corrected chi connectivity index (χ0v) is 10.4. The molecule has 90 valence electrons. The molecule has 5 heteroatoms. The van der Waals surface area contributed by atoms with Gasteiger partial charge in [-0.05, 0) is 11.6 Å². The minimum atomic E-state index is -0.564. The molecular weight excluding hydrogens is 242 g/mol. The Morgan fingerprint density at radius 3 is 2.59 bits per heavy atom. The normalized spacial score (nSPS) is 11.1. The van der Waals surface area contributed by atoms with Crippen molar-refractivity contribution in [1.82, 2.24) is 10.2 Å². The number of aromatic nitrogens is 2. The second kappa shape index (κ2) is 4.87. The number of hydrogen-bond donors (Lipinski definition) is 0. The molecule has 0 aliphatic rings. The summed E-state index contributed by atoms with van der Waals surface area (Å²) in [5.74, 6) is -0.781. The van der Waals surface area contributed by atoms with Gasteiger partial charge in [-0.1, -0.05) is 19.9 Å². The van der Waals surface area contributed by atoms with Gasteiger partial charge in [0.2, 0.25) is 0 Å². The predicted molar refractivity (Wildman–Crippen MR) is 63.2 cm³/mol. The van der Waals surface area contributed by atoms with Crippen molar-refractivity contribution in [2.75, 3.05) is 0 Å². The molecule has 0 saturated carbocycles. The van der Waals surface area contributed by atoms with Gasteiger partial charge in [0, 0.05) is 18.4 Å². The van der Waals surface area contributed by atoms with Crippen LogP contribution in [0.25, 0.3) is 0 Å². The lowest BCUT2D eigenvalue weighted by molar-refractivity contribution is 0.574. The summed E-state index contributed by atoms with van der Waals surface area (Å²) in [6.45, 7) is 4.06. The molecule has 1 heterocycles. The number of rotatable bonds is 3. The lowest BCUT2D eigenvalue weighted by atomic mass is 10.1. The highest BCUT2D eigenvalue weighted by Gasteiger charge is 2.10. The van der Waals surface area contributed by atoms with Crippen LogP contribution in [-0.2, 0) is 6.42 Å². The zero-order chi connectivity index (χ0) is 12.4. The first kappa shape index (κ1) is 12.1. The fourth-order valence-corrected chi connectivity index (χ4v) is 2.27. The molecule has 0 radical (unpaired) electrons. The maximum atomic E-state index is 13.4. The van der Waals surface area contributed by atoms with E-state index in [4.69, 9.17) is 0 Å². The van der Waals surface area contributed by atoms with Crippen molar-refractivity contribution < 1.29 is 8.78 Å². The highest BCUT2D eigenvalue weighted by atomic mass is 32.1. The maximum absolute atomic E-state index is 13.4. The summed E-state index contributed by atoms with van der Waals surface area (Å²) in [4.78, 5) is 0. The van der Waals surface area contributed by atoms with Crippen molar-refractivity contribution in [3.63, 3.8) is 0 Å². The molecular formula is C12H12F2N2S. The Bertz CT molecular complexity index is 523. The SMILES string of the molecule is CC(C)c1nnc(Cc2ccc(F)cc2F)s1. The summed E-state index contributed by atoms with van der Waals surface area (Å²) >= 11 is 1.47. The minimum absolute atomic E-state index is 0.319. The Morgan fingerprint density at radius 2 is 2.00 bits per heavy atom. The zero-order valence-electron chi connectivity index (χ0n) is 9.58.